The summed E-state index contributed by atoms with van der Waals surface area (Å²) in [6.07, 6.45) is 5.92. The molecule has 0 aromatic carbocycles. The summed E-state index contributed by atoms with van der Waals surface area (Å²) in [5.41, 5.74) is 0.976. The van der Waals surface area contributed by atoms with E-state index in [9.17, 15) is 5.11 Å². The first kappa shape index (κ1) is 13.5. The second-order valence-corrected chi connectivity index (χ2v) is 3.08. The molecule has 0 aliphatic carbocycles. The van der Waals surface area contributed by atoms with Gasteiger partial charge in [-0.3, -0.25) is 0 Å². The molecule has 1 saturated heterocycles. The molecule has 14 heavy (non-hydrogen) atoms. The average molecular weight is 189 g/mol. The molecular formula is C10H16LiNO2. The fourth-order valence-electron chi connectivity index (χ4n) is 1.51. The van der Waals surface area contributed by atoms with E-state index in [4.69, 9.17) is 0 Å². The van der Waals surface area contributed by atoms with Crippen LogP contribution in [0.5, 0.6) is 0 Å². The first-order valence-electron chi connectivity index (χ1n) is 4.62. The van der Waals surface area contributed by atoms with Gasteiger partial charge in [-0.05, 0) is 33.0 Å². The maximum atomic E-state index is 11.0. The van der Waals surface area contributed by atoms with Crippen molar-refractivity contribution in [1.82, 2.24) is 4.90 Å². The van der Waals surface area contributed by atoms with E-state index in [0.29, 0.717) is 0 Å². The second kappa shape index (κ2) is 6.86. The Hall–Kier alpha value is -0.523. The molecular weight excluding hydrogens is 173 g/mol. The Labute approximate surface area is 97.6 Å². The molecule has 3 nitrogen and oxygen atoms in total. The summed E-state index contributed by atoms with van der Waals surface area (Å²) in [5.74, 6) is -0.278. The van der Waals surface area contributed by atoms with Crippen LogP contribution in [-0.2, 0) is 4.74 Å². The third-order valence-electron chi connectivity index (χ3n) is 2.23. The van der Waals surface area contributed by atoms with Crippen molar-refractivity contribution in [3.05, 3.63) is 23.8 Å². The third kappa shape index (κ3) is 3.69. The Morgan fingerprint density at radius 3 is 2.36 bits per heavy atom. The summed E-state index contributed by atoms with van der Waals surface area (Å²) in [4.78, 5) is 2.21. The zero-order valence-electron chi connectivity index (χ0n) is 9.25. The number of rotatable bonds is 3. The van der Waals surface area contributed by atoms with E-state index < -0.39 is 0 Å². The molecule has 0 atom stereocenters. The molecule has 1 aliphatic heterocycles. The molecule has 74 valence electrons. The summed E-state index contributed by atoms with van der Waals surface area (Å²) in [6.45, 7) is 4.04. The Bertz CT molecular complexity index is 220. The van der Waals surface area contributed by atoms with Crippen LogP contribution in [0.3, 0.4) is 0 Å². The van der Waals surface area contributed by atoms with Crippen LogP contribution < -0.4 is 24.0 Å². The molecule has 0 aromatic rings. The summed E-state index contributed by atoms with van der Waals surface area (Å²) < 4.78 is 4.58. The van der Waals surface area contributed by atoms with E-state index in [2.05, 4.69) is 9.64 Å². The van der Waals surface area contributed by atoms with Crippen molar-refractivity contribution in [2.75, 3.05) is 20.2 Å². The van der Waals surface area contributed by atoms with E-state index in [1.54, 1.807) is 6.08 Å². The predicted molar refractivity (Wildman–Crippen MR) is 49.7 cm³/mol. The number of hydrogen-bond acceptors (Lipinski definition) is 3. The van der Waals surface area contributed by atoms with Gasteiger partial charge in [0.15, 0.2) is 0 Å². The topological polar surface area (TPSA) is 35.5 Å². The normalized spacial score (nSPS) is 18.0. The van der Waals surface area contributed by atoms with Crippen molar-refractivity contribution in [3.8, 4) is 0 Å². The van der Waals surface area contributed by atoms with Crippen LogP contribution in [0.25, 0.3) is 0 Å². The van der Waals surface area contributed by atoms with Gasteiger partial charge in [0.05, 0.1) is 5.95 Å². The minimum absolute atomic E-state index is 0. The van der Waals surface area contributed by atoms with Gasteiger partial charge >= 0.3 is 18.9 Å². The molecule has 1 aliphatic rings. The fraction of sp³-hybridized carbons (Fsp3) is 0.600. The van der Waals surface area contributed by atoms with Crippen molar-refractivity contribution in [2.24, 2.45) is 0 Å². The van der Waals surface area contributed by atoms with Gasteiger partial charge in [-0.1, -0.05) is 6.08 Å². The molecule has 0 unspecified atom stereocenters. The molecule has 0 spiro atoms. The van der Waals surface area contributed by atoms with E-state index in [-0.39, 0.29) is 24.8 Å². The van der Waals surface area contributed by atoms with Gasteiger partial charge < -0.3 is 14.7 Å². The number of allylic oxidation sites excluding steroid dienone is 2. The number of likely N-dealkylation sites (tertiary alicyclic amines) is 1. The summed E-state index contributed by atoms with van der Waals surface area (Å²) in [7, 11) is 1.40. The van der Waals surface area contributed by atoms with Crippen LogP contribution in [-0.4, -0.2) is 25.1 Å². The van der Waals surface area contributed by atoms with Gasteiger partial charge in [0.25, 0.3) is 0 Å². The number of ether oxygens (including phenoxy) is 1. The molecule has 0 amide bonds. The van der Waals surface area contributed by atoms with Crippen LogP contribution >= 0.6 is 0 Å². The summed E-state index contributed by atoms with van der Waals surface area (Å²) >= 11 is 0. The predicted octanol–water partition coefficient (Wildman–Crippen LogP) is -2.16. The zero-order chi connectivity index (χ0) is 9.68. The first-order valence-corrected chi connectivity index (χ1v) is 4.62. The van der Waals surface area contributed by atoms with Crippen LogP contribution in [0.2, 0.25) is 0 Å². The quantitative estimate of drug-likeness (QED) is 0.288. The van der Waals surface area contributed by atoms with Crippen molar-refractivity contribution in [2.45, 2.75) is 19.8 Å². The van der Waals surface area contributed by atoms with Crippen molar-refractivity contribution >= 4 is 0 Å². The van der Waals surface area contributed by atoms with Crippen LogP contribution in [0.15, 0.2) is 23.8 Å². The molecule has 0 radical (unpaired) electrons. The molecule has 0 aromatic heterocycles. The third-order valence-corrected chi connectivity index (χ3v) is 2.23. The fourth-order valence-corrected chi connectivity index (χ4v) is 1.51. The molecule has 0 saturated carbocycles. The van der Waals surface area contributed by atoms with Gasteiger partial charge in [-0.25, -0.2) is 0 Å². The van der Waals surface area contributed by atoms with Crippen molar-refractivity contribution in [3.63, 3.8) is 0 Å². The minimum Gasteiger partial charge on any atom is -0.616 e. The first-order chi connectivity index (χ1) is 6.27. The number of methoxy groups -OCH3 is 1. The average Bonchev–Trinajstić information content (AvgIpc) is 2.66. The monoisotopic (exact) mass is 189 g/mol. The Morgan fingerprint density at radius 2 is 1.93 bits per heavy atom. The molecule has 1 heterocycles. The second-order valence-electron chi connectivity index (χ2n) is 3.08. The number of nitrogens with zero attached hydrogens (tertiary/aromatic N) is 1. The minimum atomic E-state index is -0.278. The van der Waals surface area contributed by atoms with Gasteiger partial charge in [0, 0.05) is 18.8 Å². The maximum Gasteiger partial charge on any atom is 1.00 e. The SMILES string of the molecule is C/C=C(/C=C(/[O-])OC)N1CCCC1.[Li+]. The van der Waals surface area contributed by atoms with Crippen molar-refractivity contribution < 1.29 is 28.7 Å². The molecule has 1 rings (SSSR count). The van der Waals surface area contributed by atoms with Gasteiger partial charge in [0.1, 0.15) is 0 Å². The maximum absolute atomic E-state index is 11.0. The van der Waals surface area contributed by atoms with Crippen LogP contribution in [0.4, 0.5) is 0 Å². The van der Waals surface area contributed by atoms with Crippen molar-refractivity contribution in [1.29, 1.82) is 0 Å². The Kier molecular flexibility index (Phi) is 6.61. The smallest absolute Gasteiger partial charge is 0.616 e. The zero-order valence-corrected chi connectivity index (χ0v) is 9.25. The van der Waals surface area contributed by atoms with Crippen LogP contribution in [0.1, 0.15) is 19.8 Å². The largest absolute Gasteiger partial charge is 1.00 e. The van der Waals surface area contributed by atoms with Gasteiger partial charge in [0.2, 0.25) is 0 Å². The van der Waals surface area contributed by atoms with Gasteiger partial charge in [-0.15, -0.1) is 0 Å². The van der Waals surface area contributed by atoms with E-state index >= 15 is 0 Å². The standard InChI is InChI=1S/C10H17NO2.Li/c1-3-9(8-10(12)13-2)11-6-4-5-7-11;/h3,8,12H,4-7H2,1-2H3;/q;+1/p-1/b9-3-,10-8-;. The Balaban J connectivity index is 0.00000169. The van der Waals surface area contributed by atoms with Gasteiger partial charge in [-0.2, -0.15) is 0 Å². The molecule has 1 fully saturated rings. The molecule has 0 bridgehead atoms. The summed E-state index contributed by atoms with van der Waals surface area (Å²) in [5, 5.41) is 11.0. The molecule has 0 N–H and O–H groups in total. The Morgan fingerprint density at radius 1 is 1.36 bits per heavy atom. The summed E-state index contributed by atoms with van der Waals surface area (Å²) in [6, 6.07) is 0. The van der Waals surface area contributed by atoms with Crippen LogP contribution in [0, 0.1) is 0 Å². The van der Waals surface area contributed by atoms with E-state index in [1.807, 2.05) is 13.0 Å². The van der Waals surface area contributed by atoms with E-state index in [1.165, 1.54) is 20.0 Å². The number of hydrogen-bond donors (Lipinski definition) is 0. The molecule has 4 heteroatoms. The van der Waals surface area contributed by atoms with E-state index in [0.717, 1.165) is 18.8 Å².